The summed E-state index contributed by atoms with van der Waals surface area (Å²) in [5, 5.41) is 1.31. The van der Waals surface area contributed by atoms with Crippen LogP contribution in [0.2, 0.25) is 0 Å². The average Bonchev–Trinajstić information content (AvgIpc) is 3.87. The molecule has 12 rings (SSSR count). The van der Waals surface area contributed by atoms with Crippen molar-refractivity contribution in [2.45, 2.75) is 76.5 Å². The van der Waals surface area contributed by atoms with Crippen LogP contribution in [0.15, 0.2) is 161 Å². The van der Waals surface area contributed by atoms with Gasteiger partial charge in [0.1, 0.15) is 11.3 Å². The van der Waals surface area contributed by atoms with E-state index in [2.05, 4.69) is 197 Å². The third kappa shape index (κ3) is 4.88. The number of allylic oxidation sites excluding steroid dienone is 7. The fourth-order valence-electron chi connectivity index (χ4n) is 13.2. The molecule has 60 heavy (non-hydrogen) atoms. The van der Waals surface area contributed by atoms with Crippen LogP contribution < -0.4 is 4.90 Å². The highest BCUT2D eigenvalue weighted by Crippen LogP contribution is 2.72. The molecule has 2 nitrogen and oxygen atoms in total. The van der Waals surface area contributed by atoms with E-state index >= 15 is 0 Å². The predicted octanol–water partition coefficient (Wildman–Crippen LogP) is 15.0. The third-order valence-corrected chi connectivity index (χ3v) is 15.5. The summed E-state index contributed by atoms with van der Waals surface area (Å²) >= 11 is 0. The average molecular weight is 780 g/mol. The highest BCUT2D eigenvalue weighted by atomic mass is 16.3. The summed E-state index contributed by atoms with van der Waals surface area (Å²) in [5.41, 5.74) is 18.6. The molecule has 1 spiro atoms. The van der Waals surface area contributed by atoms with Crippen LogP contribution in [0.4, 0.5) is 11.4 Å². The van der Waals surface area contributed by atoms with Crippen LogP contribution >= 0.6 is 0 Å². The lowest BCUT2D eigenvalue weighted by atomic mass is 9.57. The van der Waals surface area contributed by atoms with Gasteiger partial charge in [-0.1, -0.05) is 156 Å². The molecule has 0 fully saturated rings. The lowest BCUT2D eigenvalue weighted by Gasteiger charge is -2.45. The van der Waals surface area contributed by atoms with Crippen LogP contribution in [0.3, 0.4) is 0 Å². The van der Waals surface area contributed by atoms with E-state index in [0.717, 1.165) is 36.3 Å². The number of para-hydroxylation sites is 1. The molecule has 0 radical (unpaired) electrons. The molecule has 0 N–H and O–H groups in total. The fourth-order valence-corrected chi connectivity index (χ4v) is 13.2. The maximum atomic E-state index is 7.16. The van der Waals surface area contributed by atoms with Crippen LogP contribution in [0.25, 0.3) is 34.2 Å². The number of hydrogen-bond donors (Lipinski definition) is 0. The Morgan fingerprint density at radius 3 is 2.22 bits per heavy atom. The molecule has 0 bridgehead atoms. The summed E-state index contributed by atoms with van der Waals surface area (Å²) in [6.45, 7) is 12.2. The Hall–Kier alpha value is -5.86. The van der Waals surface area contributed by atoms with E-state index in [1.54, 1.807) is 5.56 Å². The molecule has 8 unspecified atom stereocenters. The Labute approximate surface area is 355 Å². The van der Waals surface area contributed by atoms with Crippen LogP contribution in [-0.4, -0.2) is 0 Å². The minimum absolute atomic E-state index is 0.0433. The van der Waals surface area contributed by atoms with Gasteiger partial charge in [-0.3, -0.25) is 0 Å². The Morgan fingerprint density at radius 2 is 1.42 bits per heavy atom. The lowest BCUT2D eigenvalue weighted by molar-refractivity contribution is 0.252. The van der Waals surface area contributed by atoms with Crippen LogP contribution in [0, 0.1) is 23.7 Å². The van der Waals surface area contributed by atoms with Crippen molar-refractivity contribution in [3.05, 3.63) is 202 Å². The molecule has 0 saturated carbocycles. The highest BCUT2D eigenvalue weighted by Gasteiger charge is 2.66. The maximum absolute atomic E-state index is 7.16. The van der Waals surface area contributed by atoms with Gasteiger partial charge in [-0.15, -0.1) is 0 Å². The monoisotopic (exact) mass is 779 g/mol. The minimum atomic E-state index is -0.358. The molecular formula is C58H53NO. The second-order valence-electron chi connectivity index (χ2n) is 19.3. The van der Waals surface area contributed by atoms with Gasteiger partial charge in [0, 0.05) is 56.3 Å². The first kappa shape index (κ1) is 36.0. The van der Waals surface area contributed by atoms with E-state index in [9.17, 15) is 0 Å². The first-order valence-electron chi connectivity index (χ1n) is 22.5. The summed E-state index contributed by atoms with van der Waals surface area (Å²) in [5.74, 6) is 3.17. The number of benzene rings is 5. The minimum Gasteiger partial charge on any atom is -0.456 e. The Balaban J connectivity index is 1.14. The van der Waals surface area contributed by atoms with Gasteiger partial charge in [-0.25, -0.2) is 0 Å². The van der Waals surface area contributed by atoms with Gasteiger partial charge in [-0.05, 0) is 124 Å². The van der Waals surface area contributed by atoms with Gasteiger partial charge in [0.15, 0.2) is 0 Å². The molecule has 1 heterocycles. The summed E-state index contributed by atoms with van der Waals surface area (Å²) in [4.78, 5) is 2.50. The van der Waals surface area contributed by atoms with Crippen molar-refractivity contribution in [1.29, 1.82) is 0 Å². The molecule has 2 heteroatoms. The molecule has 5 aromatic carbocycles. The number of furan rings is 1. The van der Waals surface area contributed by atoms with Crippen LogP contribution in [-0.2, 0) is 17.3 Å². The Bertz CT molecular complexity index is 2880. The molecule has 1 aromatic heterocycles. The normalized spacial score (nSPS) is 29.0. The molecule has 0 saturated heterocycles. The predicted molar refractivity (Wildman–Crippen MR) is 250 cm³/mol. The highest BCUT2D eigenvalue weighted by molar-refractivity contribution is 5.93. The summed E-state index contributed by atoms with van der Waals surface area (Å²) < 4.78 is 7.16. The second-order valence-corrected chi connectivity index (χ2v) is 19.3. The second kappa shape index (κ2) is 13.1. The molecule has 8 atom stereocenters. The first-order valence-corrected chi connectivity index (χ1v) is 22.5. The molecule has 6 aliphatic rings. The van der Waals surface area contributed by atoms with E-state index in [4.69, 9.17) is 4.42 Å². The Morgan fingerprint density at radius 1 is 0.683 bits per heavy atom. The largest absolute Gasteiger partial charge is 0.456 e. The van der Waals surface area contributed by atoms with Gasteiger partial charge in [-0.2, -0.15) is 0 Å². The molecule has 6 aromatic rings. The number of anilines is 2. The van der Waals surface area contributed by atoms with Gasteiger partial charge in [0.2, 0.25) is 0 Å². The fraction of sp³-hybridized carbons (Fsp3) is 0.276. The van der Waals surface area contributed by atoms with Crippen molar-refractivity contribution < 1.29 is 4.42 Å². The van der Waals surface area contributed by atoms with Gasteiger partial charge in [0.25, 0.3) is 0 Å². The zero-order valence-corrected chi connectivity index (χ0v) is 35.5. The van der Waals surface area contributed by atoms with Crippen molar-refractivity contribution in [3.8, 4) is 11.1 Å². The SMILES string of the molecule is CC1C=Cc2c(ccc3c2C2(C)CC(C)C=CC2C32C3=CC(N(c4ccccc4)c4ccc(-c5ccccc5)cc4)=CC(C)C3c3c2ccc2c4c(oc32)C=CCC4C)C1. The van der Waals surface area contributed by atoms with E-state index in [1.165, 1.54) is 66.9 Å². The number of nitrogens with zero attached hydrogens (tertiary/aromatic N) is 1. The van der Waals surface area contributed by atoms with Crippen molar-refractivity contribution in [2.24, 2.45) is 23.7 Å². The zero-order chi connectivity index (χ0) is 40.5. The van der Waals surface area contributed by atoms with Crippen molar-refractivity contribution in [1.82, 2.24) is 0 Å². The summed E-state index contributed by atoms with van der Waals surface area (Å²) in [7, 11) is 0. The quantitative estimate of drug-likeness (QED) is 0.166. The van der Waals surface area contributed by atoms with Gasteiger partial charge >= 0.3 is 0 Å². The van der Waals surface area contributed by atoms with Gasteiger partial charge in [0.05, 0.1) is 0 Å². The Kier molecular flexibility index (Phi) is 7.85. The van der Waals surface area contributed by atoms with Crippen LogP contribution in [0.1, 0.15) is 104 Å². The number of hydrogen-bond acceptors (Lipinski definition) is 2. The maximum Gasteiger partial charge on any atom is 0.139 e. The smallest absolute Gasteiger partial charge is 0.139 e. The van der Waals surface area contributed by atoms with E-state index < -0.39 is 0 Å². The number of fused-ring (bicyclic) bond motifs is 16. The van der Waals surface area contributed by atoms with E-state index in [0.29, 0.717) is 17.8 Å². The molecule has 0 amide bonds. The van der Waals surface area contributed by atoms with Crippen molar-refractivity contribution >= 4 is 34.5 Å². The van der Waals surface area contributed by atoms with E-state index in [1.807, 2.05) is 0 Å². The topological polar surface area (TPSA) is 16.4 Å². The van der Waals surface area contributed by atoms with E-state index in [-0.39, 0.29) is 28.6 Å². The lowest BCUT2D eigenvalue weighted by Crippen LogP contribution is -2.42. The standard InChI is InChI=1S/C58H53NO/c1-35-19-26-45-41(31-35)23-28-48-55(45)57(5)34-36(2)20-30-51(57)58(48)47-29-27-46-52-37(3)13-12-18-50(52)60-56(46)54(47)53-38(4)32-44(33-49(53)58)59(42-16-10-7-11-17-42)43-24-21-40(22-25-43)39-14-8-6-9-15-39/h6-12,14-30,32-33,35-38,51,53H,13,31,34H2,1-5H3. The first-order chi connectivity index (χ1) is 29.3. The number of rotatable bonds is 4. The molecule has 6 aliphatic carbocycles. The summed E-state index contributed by atoms with van der Waals surface area (Å²) in [6, 6.07) is 41.0. The van der Waals surface area contributed by atoms with Crippen LogP contribution in [0.5, 0.6) is 0 Å². The third-order valence-electron chi connectivity index (χ3n) is 15.5. The van der Waals surface area contributed by atoms with Gasteiger partial charge < -0.3 is 9.32 Å². The molecular weight excluding hydrogens is 727 g/mol. The van der Waals surface area contributed by atoms with Crippen molar-refractivity contribution in [2.75, 3.05) is 4.90 Å². The zero-order valence-electron chi connectivity index (χ0n) is 35.5. The summed E-state index contributed by atoms with van der Waals surface area (Å²) in [6.07, 6.45) is 23.2. The molecule has 0 aliphatic heterocycles. The van der Waals surface area contributed by atoms with Crippen molar-refractivity contribution in [3.63, 3.8) is 0 Å². The molecule has 296 valence electrons.